The fourth-order valence-electron chi connectivity index (χ4n) is 1.62. The van der Waals surface area contributed by atoms with Crippen LogP contribution in [0.2, 0.25) is 44.9 Å². The van der Waals surface area contributed by atoms with Crippen LogP contribution in [0.15, 0.2) is 0 Å². The zero-order chi connectivity index (χ0) is 9.99. The molecule has 0 amide bonds. The van der Waals surface area contributed by atoms with E-state index in [0.29, 0.717) is 0 Å². The first-order valence-corrected chi connectivity index (χ1v) is 14.4. The van der Waals surface area contributed by atoms with Gasteiger partial charge < -0.3 is 0 Å². The van der Waals surface area contributed by atoms with Gasteiger partial charge in [-0.25, -0.2) is 0 Å². The van der Waals surface area contributed by atoms with Gasteiger partial charge in [-0.05, 0) is 16.1 Å². The summed E-state index contributed by atoms with van der Waals surface area (Å²) in [5.41, 5.74) is 1.53. The zero-order valence-corrected chi connectivity index (χ0v) is 14.2. The van der Waals surface area contributed by atoms with Crippen LogP contribution in [-0.2, 0) is 0 Å². The van der Waals surface area contributed by atoms with E-state index in [9.17, 15) is 0 Å². The normalized spacial score (nSPS) is 15.0. The van der Waals surface area contributed by atoms with E-state index in [1.807, 2.05) is 0 Å². The Hall–Kier alpha value is 1.09. The molecule has 0 radical (unpaired) electrons. The molecule has 0 aromatic rings. The third-order valence-electron chi connectivity index (χ3n) is 1.98. The topological polar surface area (TPSA) is 3.24 Å². The summed E-state index contributed by atoms with van der Waals surface area (Å²) >= 11 is 3.80. The number of halogens is 1. The molecule has 0 aliphatic carbocycles. The van der Waals surface area contributed by atoms with Crippen molar-refractivity contribution in [2.75, 3.05) is 0 Å². The second-order valence-corrected chi connectivity index (χ2v) is 19.3. The molecule has 0 saturated heterocycles. The summed E-state index contributed by atoms with van der Waals surface area (Å²) in [6, 6.07) is 0. The molecule has 5 heteroatoms. The minimum Gasteiger partial charge on any atom is -0.285 e. The van der Waals surface area contributed by atoms with E-state index in [-0.39, 0.29) is 9.52 Å². The van der Waals surface area contributed by atoms with Gasteiger partial charge in [-0.3, -0.25) is 3.26 Å². The molecule has 0 aromatic carbocycles. The number of hydrogen-bond acceptors (Lipinski definition) is 1. The lowest BCUT2D eigenvalue weighted by Crippen LogP contribution is -2.55. The van der Waals surface area contributed by atoms with Crippen molar-refractivity contribution in [3.63, 3.8) is 0 Å². The molecule has 0 aliphatic rings. The predicted octanol–water partition coefficient (Wildman–Crippen LogP) is 2.81. The summed E-state index contributed by atoms with van der Waals surface area (Å²) in [7, 11) is -1.95. The molecule has 0 rings (SSSR count). The van der Waals surface area contributed by atoms with Gasteiger partial charge in [0.2, 0.25) is 0 Å². The molecule has 0 saturated carbocycles. The van der Waals surface area contributed by atoms with Crippen molar-refractivity contribution in [1.29, 1.82) is 0 Å². The first-order valence-electron chi connectivity index (χ1n) is 4.68. The van der Waals surface area contributed by atoms with Crippen LogP contribution >= 0.6 is 16.1 Å². The lowest BCUT2D eigenvalue weighted by molar-refractivity contribution is 1.02. The van der Waals surface area contributed by atoms with Crippen LogP contribution in [0.4, 0.5) is 0 Å². The Morgan fingerprint density at radius 1 is 1.17 bits per heavy atom. The zero-order valence-electron chi connectivity index (χ0n) is 9.24. The molecule has 0 spiro atoms. The summed E-state index contributed by atoms with van der Waals surface area (Å²) in [5.74, 6) is 0. The van der Waals surface area contributed by atoms with E-state index in [1.165, 1.54) is 5.67 Å². The molecular formula is C7H22BrNSi3. The van der Waals surface area contributed by atoms with Crippen LogP contribution in [-0.4, -0.2) is 29.2 Å². The molecule has 1 nitrogen and oxygen atoms in total. The fraction of sp³-hybridized carbons (Fsp3) is 1.00. The van der Waals surface area contributed by atoms with Crippen molar-refractivity contribution in [2.24, 2.45) is 0 Å². The highest BCUT2D eigenvalue weighted by Crippen LogP contribution is 2.26. The van der Waals surface area contributed by atoms with Crippen LogP contribution in [0.3, 0.4) is 0 Å². The Morgan fingerprint density at radius 2 is 1.58 bits per heavy atom. The van der Waals surface area contributed by atoms with E-state index in [2.05, 4.69) is 58.7 Å². The summed E-state index contributed by atoms with van der Waals surface area (Å²) in [6.07, 6.45) is 0. The molecule has 0 aliphatic heterocycles. The van der Waals surface area contributed by atoms with E-state index in [1.54, 1.807) is 0 Å². The van der Waals surface area contributed by atoms with Crippen molar-refractivity contribution < 1.29 is 0 Å². The minimum absolute atomic E-state index is 0.221. The lowest BCUT2D eigenvalue weighted by atomic mass is 11.8. The largest absolute Gasteiger partial charge is 0.285 e. The molecule has 74 valence electrons. The van der Waals surface area contributed by atoms with Crippen LogP contribution in [0.25, 0.3) is 0 Å². The molecule has 12 heavy (non-hydrogen) atoms. The quantitative estimate of drug-likeness (QED) is 0.567. The van der Waals surface area contributed by atoms with Gasteiger partial charge in [0.15, 0.2) is 0 Å². The van der Waals surface area contributed by atoms with Gasteiger partial charge in [0.25, 0.3) is 0 Å². The highest BCUT2D eigenvalue weighted by atomic mass is 79.9. The SMILES string of the molecule is C[SiH2]C[Si](C)(C)N(Br)[Si](C)(C)C. The van der Waals surface area contributed by atoms with Crippen molar-refractivity contribution in [2.45, 2.75) is 44.9 Å². The van der Waals surface area contributed by atoms with Gasteiger partial charge in [-0.1, -0.05) is 44.9 Å². The summed E-state index contributed by atoms with van der Waals surface area (Å²) in [4.78, 5) is 0. The van der Waals surface area contributed by atoms with Crippen molar-refractivity contribution in [3.05, 3.63) is 0 Å². The van der Waals surface area contributed by atoms with Gasteiger partial charge >= 0.3 is 0 Å². The Labute approximate surface area is 90.3 Å². The highest BCUT2D eigenvalue weighted by Gasteiger charge is 2.35. The summed E-state index contributed by atoms with van der Waals surface area (Å²) in [6.45, 7) is 14.6. The average molecular weight is 284 g/mol. The van der Waals surface area contributed by atoms with Crippen molar-refractivity contribution >= 4 is 42.1 Å². The van der Waals surface area contributed by atoms with Gasteiger partial charge in [-0.2, -0.15) is 0 Å². The van der Waals surface area contributed by atoms with Crippen molar-refractivity contribution in [1.82, 2.24) is 3.26 Å². The average Bonchev–Trinajstić information content (AvgIpc) is 1.84. The molecule has 0 atom stereocenters. The fourth-order valence-corrected chi connectivity index (χ4v) is 17.2. The highest BCUT2D eigenvalue weighted by molar-refractivity contribution is 9.08. The Bertz CT molecular complexity index is 144. The third-order valence-corrected chi connectivity index (χ3v) is 21.0. The molecule has 0 heterocycles. The van der Waals surface area contributed by atoms with Gasteiger partial charge in [0.05, 0.1) is 0 Å². The number of rotatable bonds is 4. The maximum atomic E-state index is 3.80. The number of nitrogens with zero attached hydrogens (tertiary/aromatic N) is 1. The molecule has 0 aromatic heterocycles. The molecular weight excluding hydrogens is 262 g/mol. The molecule has 0 unspecified atom stereocenters. The van der Waals surface area contributed by atoms with Crippen LogP contribution in [0, 0.1) is 0 Å². The van der Waals surface area contributed by atoms with E-state index in [4.69, 9.17) is 0 Å². The molecule has 0 fully saturated rings. The second-order valence-electron chi connectivity index (χ2n) is 5.01. The van der Waals surface area contributed by atoms with Crippen LogP contribution < -0.4 is 0 Å². The van der Waals surface area contributed by atoms with Gasteiger partial charge in [0, 0.05) is 9.52 Å². The van der Waals surface area contributed by atoms with E-state index >= 15 is 0 Å². The van der Waals surface area contributed by atoms with Crippen molar-refractivity contribution in [3.8, 4) is 0 Å². The maximum absolute atomic E-state index is 3.80. The van der Waals surface area contributed by atoms with Crippen LogP contribution in [0.1, 0.15) is 0 Å². The second kappa shape index (κ2) is 4.54. The third kappa shape index (κ3) is 3.87. The molecule has 0 N–H and O–H groups in total. The minimum atomic E-state index is -1.10. The Morgan fingerprint density at radius 3 is 1.83 bits per heavy atom. The monoisotopic (exact) mass is 283 g/mol. The van der Waals surface area contributed by atoms with Gasteiger partial charge in [0.1, 0.15) is 16.5 Å². The van der Waals surface area contributed by atoms with E-state index < -0.39 is 16.5 Å². The summed E-state index contributed by atoms with van der Waals surface area (Å²) in [5, 5.41) is 0. The van der Waals surface area contributed by atoms with E-state index in [0.717, 1.165) is 0 Å². The lowest BCUT2D eigenvalue weighted by Gasteiger charge is -2.40. The Kier molecular flexibility index (Phi) is 4.96. The molecule has 0 bridgehead atoms. The Balaban J connectivity index is 4.34. The smallest absolute Gasteiger partial charge is 0.123 e. The first-order chi connectivity index (χ1) is 5.22. The van der Waals surface area contributed by atoms with Crippen LogP contribution in [0.5, 0.6) is 0 Å². The maximum Gasteiger partial charge on any atom is 0.123 e. The van der Waals surface area contributed by atoms with Gasteiger partial charge in [-0.15, -0.1) is 0 Å². The predicted molar refractivity (Wildman–Crippen MR) is 70.8 cm³/mol. The summed E-state index contributed by atoms with van der Waals surface area (Å²) < 4.78 is 2.59. The number of hydrogen-bond donors (Lipinski definition) is 0. The standard InChI is InChI=1S/C7H22BrNSi3/c1-10-7-12(5,6)9(8)11(2,3)4/h7,10H2,1-6H3. The first kappa shape index (κ1) is 13.1.